The van der Waals surface area contributed by atoms with Crippen LogP contribution in [0.2, 0.25) is 5.02 Å². The summed E-state index contributed by atoms with van der Waals surface area (Å²) in [7, 11) is 0. The third-order valence-corrected chi connectivity index (χ3v) is 3.49. The highest BCUT2D eigenvalue weighted by Gasteiger charge is 2.21. The van der Waals surface area contributed by atoms with Gasteiger partial charge in [-0.2, -0.15) is 9.98 Å². The second kappa shape index (κ2) is 6.86. The Bertz CT molecular complexity index is 716. The molecule has 4 nitrogen and oxygen atoms in total. The van der Waals surface area contributed by atoms with E-state index in [4.69, 9.17) is 21.1 Å². The van der Waals surface area contributed by atoms with Gasteiger partial charge in [0.15, 0.2) is 6.29 Å². The minimum atomic E-state index is -0.365. The van der Waals surface area contributed by atoms with Crippen molar-refractivity contribution < 1.29 is 9.47 Å². The number of halogens is 1. The third kappa shape index (κ3) is 3.62. The SMILES string of the molecule is Cc1ccc(N=C=Nc2ccc(Cl)cc2)c(C2OCCO2)c1. The van der Waals surface area contributed by atoms with Gasteiger partial charge in [-0.3, -0.25) is 0 Å². The highest BCUT2D eigenvalue weighted by Crippen LogP contribution is 2.32. The minimum absolute atomic E-state index is 0.365. The quantitative estimate of drug-likeness (QED) is 0.761. The molecule has 1 saturated heterocycles. The summed E-state index contributed by atoms with van der Waals surface area (Å²) < 4.78 is 11.1. The monoisotopic (exact) mass is 314 g/mol. The lowest BCUT2D eigenvalue weighted by Gasteiger charge is -2.12. The van der Waals surface area contributed by atoms with E-state index in [-0.39, 0.29) is 6.29 Å². The summed E-state index contributed by atoms with van der Waals surface area (Å²) in [6, 6.07) is 15.8. The minimum Gasteiger partial charge on any atom is -0.346 e. The van der Waals surface area contributed by atoms with Crippen LogP contribution in [0.15, 0.2) is 52.4 Å². The van der Waals surface area contributed by atoms with Crippen molar-refractivity contribution in [3.05, 3.63) is 58.6 Å². The number of nitrogens with zero attached hydrogens (tertiary/aromatic N) is 2. The van der Waals surface area contributed by atoms with Crippen LogP contribution in [0, 0.1) is 6.92 Å². The summed E-state index contributed by atoms with van der Waals surface area (Å²) in [5, 5.41) is 0.673. The van der Waals surface area contributed by atoms with Crippen LogP contribution in [0.25, 0.3) is 0 Å². The molecule has 1 aliphatic rings. The number of benzene rings is 2. The Kier molecular flexibility index (Phi) is 4.66. The molecule has 0 atom stereocenters. The van der Waals surface area contributed by atoms with Gasteiger partial charge in [-0.05, 0) is 43.3 Å². The largest absolute Gasteiger partial charge is 0.346 e. The molecule has 1 heterocycles. The van der Waals surface area contributed by atoms with E-state index < -0.39 is 0 Å². The molecule has 1 aliphatic heterocycles. The van der Waals surface area contributed by atoms with Gasteiger partial charge in [0.2, 0.25) is 0 Å². The number of aliphatic imine (C=N–C) groups is 2. The maximum atomic E-state index is 5.84. The van der Waals surface area contributed by atoms with Gasteiger partial charge >= 0.3 is 0 Å². The fourth-order valence-corrected chi connectivity index (χ4v) is 2.28. The number of hydrogen-bond acceptors (Lipinski definition) is 4. The standard InChI is InChI=1S/C17H15ClN2O2/c1-12-2-7-16(15(10-12)17-21-8-9-22-17)20-11-19-14-5-3-13(18)4-6-14/h2-7,10,17H,8-9H2,1H3. The molecule has 2 aromatic rings. The van der Waals surface area contributed by atoms with Crippen LogP contribution in [0.1, 0.15) is 17.4 Å². The van der Waals surface area contributed by atoms with Crippen molar-refractivity contribution in [1.82, 2.24) is 0 Å². The van der Waals surface area contributed by atoms with Gasteiger partial charge in [0.05, 0.1) is 24.6 Å². The van der Waals surface area contributed by atoms with Crippen molar-refractivity contribution >= 4 is 29.0 Å². The molecule has 5 heteroatoms. The number of ether oxygens (including phenoxy) is 2. The molecule has 112 valence electrons. The van der Waals surface area contributed by atoms with E-state index in [1.54, 1.807) is 12.1 Å². The Morgan fingerprint density at radius 3 is 2.50 bits per heavy atom. The molecule has 0 unspecified atom stereocenters. The summed E-state index contributed by atoms with van der Waals surface area (Å²) in [5.41, 5.74) is 3.52. The number of rotatable bonds is 3. The Morgan fingerprint density at radius 2 is 1.77 bits per heavy atom. The second-order valence-corrected chi connectivity index (χ2v) is 5.37. The first-order chi connectivity index (χ1) is 10.7. The first-order valence-corrected chi connectivity index (χ1v) is 7.36. The molecule has 3 rings (SSSR count). The van der Waals surface area contributed by atoms with Crippen LogP contribution in [0.5, 0.6) is 0 Å². The topological polar surface area (TPSA) is 43.2 Å². The molecule has 0 radical (unpaired) electrons. The smallest absolute Gasteiger partial charge is 0.186 e. The summed E-state index contributed by atoms with van der Waals surface area (Å²) >= 11 is 5.84. The van der Waals surface area contributed by atoms with Gasteiger partial charge in [-0.15, -0.1) is 0 Å². The molecule has 0 aromatic heterocycles. The van der Waals surface area contributed by atoms with E-state index in [0.717, 1.165) is 22.5 Å². The van der Waals surface area contributed by atoms with Gasteiger partial charge in [-0.25, -0.2) is 0 Å². The third-order valence-electron chi connectivity index (χ3n) is 3.23. The van der Waals surface area contributed by atoms with Crippen molar-refractivity contribution in [3.63, 3.8) is 0 Å². The first-order valence-electron chi connectivity index (χ1n) is 6.98. The highest BCUT2D eigenvalue weighted by atomic mass is 35.5. The van der Waals surface area contributed by atoms with Crippen molar-refractivity contribution in [2.45, 2.75) is 13.2 Å². The maximum absolute atomic E-state index is 5.84. The molecule has 0 bridgehead atoms. The first kappa shape index (κ1) is 14.9. The zero-order chi connectivity index (χ0) is 15.4. The van der Waals surface area contributed by atoms with Gasteiger partial charge < -0.3 is 9.47 Å². The van der Waals surface area contributed by atoms with Crippen LogP contribution >= 0.6 is 11.6 Å². The lowest BCUT2D eigenvalue weighted by atomic mass is 10.1. The van der Waals surface area contributed by atoms with Crippen molar-refractivity contribution in [3.8, 4) is 0 Å². The molecule has 22 heavy (non-hydrogen) atoms. The van der Waals surface area contributed by atoms with E-state index >= 15 is 0 Å². The number of aryl methyl sites for hydroxylation is 1. The molecule has 0 saturated carbocycles. The zero-order valence-electron chi connectivity index (χ0n) is 12.1. The molecular weight excluding hydrogens is 300 g/mol. The van der Waals surface area contributed by atoms with Crippen LogP contribution in [0.3, 0.4) is 0 Å². The summed E-state index contributed by atoms with van der Waals surface area (Å²) in [5.74, 6) is 0. The summed E-state index contributed by atoms with van der Waals surface area (Å²) in [6.45, 7) is 3.22. The normalized spacial score (nSPS) is 14.6. The van der Waals surface area contributed by atoms with Gasteiger partial charge in [-0.1, -0.05) is 23.2 Å². The lowest BCUT2D eigenvalue weighted by Crippen LogP contribution is -1.98. The van der Waals surface area contributed by atoms with Crippen LogP contribution in [-0.4, -0.2) is 19.2 Å². The van der Waals surface area contributed by atoms with E-state index in [0.29, 0.717) is 18.2 Å². The van der Waals surface area contributed by atoms with E-state index in [2.05, 4.69) is 16.0 Å². The van der Waals surface area contributed by atoms with E-state index in [1.165, 1.54) is 0 Å². The van der Waals surface area contributed by atoms with E-state index in [9.17, 15) is 0 Å². The molecule has 0 amide bonds. The number of hydrogen-bond donors (Lipinski definition) is 0. The van der Waals surface area contributed by atoms with Crippen molar-refractivity contribution in [2.75, 3.05) is 13.2 Å². The molecule has 2 aromatic carbocycles. The summed E-state index contributed by atoms with van der Waals surface area (Å²) in [6.07, 6.45) is -0.365. The second-order valence-electron chi connectivity index (χ2n) is 4.94. The fourth-order valence-electron chi connectivity index (χ4n) is 2.15. The molecule has 1 fully saturated rings. The average Bonchev–Trinajstić information content (AvgIpc) is 3.05. The van der Waals surface area contributed by atoms with Gasteiger partial charge in [0.1, 0.15) is 6.01 Å². The fraction of sp³-hybridized carbons (Fsp3) is 0.235. The van der Waals surface area contributed by atoms with Crippen LogP contribution < -0.4 is 0 Å². The van der Waals surface area contributed by atoms with Crippen molar-refractivity contribution in [1.29, 1.82) is 0 Å². The Balaban J connectivity index is 1.87. The molecule has 0 N–H and O–H groups in total. The van der Waals surface area contributed by atoms with Crippen molar-refractivity contribution in [2.24, 2.45) is 9.98 Å². The lowest BCUT2D eigenvalue weighted by molar-refractivity contribution is -0.0436. The van der Waals surface area contributed by atoms with E-state index in [1.807, 2.05) is 37.3 Å². The summed E-state index contributed by atoms with van der Waals surface area (Å²) in [4.78, 5) is 8.48. The molecule has 0 aliphatic carbocycles. The maximum Gasteiger partial charge on any atom is 0.186 e. The Hall–Kier alpha value is -1.97. The predicted molar refractivity (Wildman–Crippen MR) is 86.5 cm³/mol. The van der Waals surface area contributed by atoms with Crippen LogP contribution in [0.4, 0.5) is 11.4 Å². The Labute approximate surface area is 134 Å². The van der Waals surface area contributed by atoms with Gasteiger partial charge in [0.25, 0.3) is 0 Å². The zero-order valence-corrected chi connectivity index (χ0v) is 12.9. The predicted octanol–water partition coefficient (Wildman–Crippen LogP) is 4.83. The molecular formula is C17H15ClN2O2. The Morgan fingerprint density at radius 1 is 1.05 bits per heavy atom. The molecule has 0 spiro atoms. The highest BCUT2D eigenvalue weighted by molar-refractivity contribution is 6.30. The van der Waals surface area contributed by atoms with Crippen LogP contribution in [-0.2, 0) is 9.47 Å². The average molecular weight is 315 g/mol. The van der Waals surface area contributed by atoms with Gasteiger partial charge in [0, 0.05) is 10.6 Å².